The summed E-state index contributed by atoms with van der Waals surface area (Å²) in [5.74, 6) is 2.39. The third-order valence-corrected chi connectivity index (χ3v) is 3.06. The van der Waals surface area contributed by atoms with Crippen molar-refractivity contribution in [3.63, 3.8) is 0 Å². The van der Waals surface area contributed by atoms with Gasteiger partial charge in [0, 0.05) is 12.4 Å². The first-order valence-corrected chi connectivity index (χ1v) is 7.30. The maximum absolute atomic E-state index is 5.45. The van der Waals surface area contributed by atoms with E-state index in [2.05, 4.69) is 13.8 Å². The summed E-state index contributed by atoms with van der Waals surface area (Å²) in [6.07, 6.45) is 4.98. The lowest BCUT2D eigenvalue weighted by molar-refractivity contribution is 0.0527. The van der Waals surface area contributed by atoms with Crippen molar-refractivity contribution in [1.29, 1.82) is 0 Å². The Morgan fingerprint density at radius 3 is 2.07 bits per heavy atom. The zero-order chi connectivity index (χ0) is 11.2. The van der Waals surface area contributed by atoms with Crippen LogP contribution in [0.3, 0.4) is 0 Å². The molecule has 2 nitrogen and oxygen atoms in total. The van der Waals surface area contributed by atoms with Gasteiger partial charge >= 0.3 is 0 Å². The van der Waals surface area contributed by atoms with Crippen LogP contribution in [0.4, 0.5) is 0 Å². The molecule has 92 valence electrons. The molecule has 0 aromatic rings. The van der Waals surface area contributed by atoms with E-state index in [4.69, 9.17) is 9.47 Å². The maximum atomic E-state index is 5.45. The zero-order valence-electron chi connectivity index (χ0n) is 10.3. The highest BCUT2D eigenvalue weighted by atomic mass is 32.2. The van der Waals surface area contributed by atoms with E-state index in [1.807, 2.05) is 11.8 Å². The van der Waals surface area contributed by atoms with Gasteiger partial charge in [0.05, 0.1) is 19.8 Å². The minimum absolute atomic E-state index is 0.748. The largest absolute Gasteiger partial charge is 0.379 e. The molecule has 0 bridgehead atoms. The molecule has 0 saturated carbocycles. The topological polar surface area (TPSA) is 18.5 Å². The van der Waals surface area contributed by atoms with Crippen molar-refractivity contribution in [3.8, 4) is 0 Å². The summed E-state index contributed by atoms with van der Waals surface area (Å²) < 4.78 is 10.8. The maximum Gasteiger partial charge on any atom is 0.0700 e. The van der Waals surface area contributed by atoms with Gasteiger partial charge in [-0.2, -0.15) is 11.8 Å². The summed E-state index contributed by atoms with van der Waals surface area (Å²) in [7, 11) is 0. The lowest BCUT2D eigenvalue weighted by Gasteiger charge is -2.05. The molecule has 3 heteroatoms. The van der Waals surface area contributed by atoms with Crippen LogP contribution in [-0.2, 0) is 9.47 Å². The Labute approximate surface area is 99.1 Å². The van der Waals surface area contributed by atoms with E-state index in [0.29, 0.717) is 0 Å². The highest BCUT2D eigenvalue weighted by molar-refractivity contribution is 7.99. The van der Waals surface area contributed by atoms with Crippen molar-refractivity contribution < 1.29 is 9.47 Å². The Morgan fingerprint density at radius 1 is 0.733 bits per heavy atom. The minimum atomic E-state index is 0.748. The summed E-state index contributed by atoms with van der Waals surface area (Å²) in [4.78, 5) is 0. The molecule has 0 fully saturated rings. The minimum Gasteiger partial charge on any atom is -0.379 e. The molecule has 0 unspecified atom stereocenters. The molecule has 0 atom stereocenters. The molecule has 0 aliphatic heterocycles. The normalized spacial score (nSPS) is 10.8. The predicted molar refractivity (Wildman–Crippen MR) is 68.8 cm³/mol. The van der Waals surface area contributed by atoms with Gasteiger partial charge in [-0.3, -0.25) is 0 Å². The number of hydrogen-bond donors (Lipinski definition) is 0. The van der Waals surface area contributed by atoms with Crippen molar-refractivity contribution in [2.45, 2.75) is 39.5 Å². The number of rotatable bonds is 12. The molecule has 0 aromatic heterocycles. The summed E-state index contributed by atoms with van der Waals surface area (Å²) in [6.45, 7) is 7.65. The van der Waals surface area contributed by atoms with E-state index >= 15 is 0 Å². The van der Waals surface area contributed by atoms with Crippen LogP contribution in [0.2, 0.25) is 0 Å². The van der Waals surface area contributed by atoms with Crippen LogP contribution >= 0.6 is 11.8 Å². The summed E-state index contributed by atoms with van der Waals surface area (Å²) >= 11 is 1.98. The number of unbranched alkanes of at least 4 members (excludes halogenated alkanes) is 2. The van der Waals surface area contributed by atoms with Gasteiger partial charge < -0.3 is 9.47 Å². The highest BCUT2D eigenvalue weighted by Crippen LogP contribution is 2.03. The monoisotopic (exact) mass is 234 g/mol. The van der Waals surface area contributed by atoms with Crippen molar-refractivity contribution in [2.75, 3.05) is 37.9 Å². The molecule has 0 rings (SSSR count). The third-order valence-electron chi connectivity index (χ3n) is 2.03. The van der Waals surface area contributed by atoms with Crippen molar-refractivity contribution in [1.82, 2.24) is 0 Å². The van der Waals surface area contributed by atoms with Gasteiger partial charge in [0.2, 0.25) is 0 Å². The molecule has 0 radical (unpaired) electrons. The summed E-state index contributed by atoms with van der Waals surface area (Å²) in [5.41, 5.74) is 0. The number of thioether (sulfide) groups is 1. The lowest BCUT2D eigenvalue weighted by Crippen LogP contribution is -2.07. The Balaban J connectivity index is 2.81. The number of ether oxygens (including phenoxy) is 2. The van der Waals surface area contributed by atoms with Gasteiger partial charge in [-0.05, 0) is 18.6 Å². The summed E-state index contributed by atoms with van der Waals surface area (Å²) in [6, 6.07) is 0. The Morgan fingerprint density at radius 2 is 1.40 bits per heavy atom. The van der Waals surface area contributed by atoms with E-state index in [0.717, 1.165) is 38.6 Å². The van der Waals surface area contributed by atoms with Crippen LogP contribution in [0.15, 0.2) is 0 Å². The van der Waals surface area contributed by atoms with Gasteiger partial charge in [0.25, 0.3) is 0 Å². The van der Waals surface area contributed by atoms with Gasteiger partial charge in [-0.1, -0.05) is 26.7 Å². The molecule has 0 aromatic carbocycles. The van der Waals surface area contributed by atoms with Crippen LogP contribution in [0.5, 0.6) is 0 Å². The van der Waals surface area contributed by atoms with Crippen molar-refractivity contribution in [2.24, 2.45) is 0 Å². The zero-order valence-corrected chi connectivity index (χ0v) is 11.1. The van der Waals surface area contributed by atoms with Gasteiger partial charge in [-0.15, -0.1) is 0 Å². The predicted octanol–water partition coefficient (Wildman–Crippen LogP) is 3.35. The first kappa shape index (κ1) is 15.3. The van der Waals surface area contributed by atoms with Crippen LogP contribution in [0, 0.1) is 0 Å². The fourth-order valence-electron chi connectivity index (χ4n) is 1.03. The molecule has 0 spiro atoms. The van der Waals surface area contributed by atoms with E-state index in [1.54, 1.807) is 0 Å². The average Bonchev–Trinajstić information content (AvgIpc) is 2.26. The molecular formula is C12H26O2S. The third kappa shape index (κ3) is 14.3. The molecule has 0 heterocycles. The Bertz CT molecular complexity index is 97.8. The van der Waals surface area contributed by atoms with Gasteiger partial charge in [0.1, 0.15) is 0 Å². The number of hydrogen-bond acceptors (Lipinski definition) is 3. The lowest BCUT2D eigenvalue weighted by atomic mass is 10.4. The Hall–Kier alpha value is 0.270. The quantitative estimate of drug-likeness (QED) is 0.482. The second kappa shape index (κ2) is 14.3. The smallest absolute Gasteiger partial charge is 0.0700 e. The van der Waals surface area contributed by atoms with Gasteiger partial charge in [-0.25, -0.2) is 0 Å². The van der Waals surface area contributed by atoms with Crippen molar-refractivity contribution in [3.05, 3.63) is 0 Å². The molecule has 0 aliphatic rings. The van der Waals surface area contributed by atoms with Crippen molar-refractivity contribution >= 4 is 11.8 Å². The van der Waals surface area contributed by atoms with Gasteiger partial charge in [0.15, 0.2) is 0 Å². The van der Waals surface area contributed by atoms with E-state index in [9.17, 15) is 0 Å². The van der Waals surface area contributed by atoms with E-state index in [-0.39, 0.29) is 0 Å². The van der Waals surface area contributed by atoms with E-state index in [1.165, 1.54) is 25.0 Å². The average molecular weight is 234 g/mol. The van der Waals surface area contributed by atoms with Crippen LogP contribution in [0.25, 0.3) is 0 Å². The molecule has 0 amide bonds. The second-order valence-corrected chi connectivity index (χ2v) is 4.77. The first-order valence-electron chi connectivity index (χ1n) is 6.15. The Kier molecular flexibility index (Phi) is 14.5. The molecule has 0 N–H and O–H groups in total. The van der Waals surface area contributed by atoms with Crippen LogP contribution in [0.1, 0.15) is 39.5 Å². The molecule has 0 aliphatic carbocycles. The fourth-order valence-corrected chi connectivity index (χ4v) is 1.97. The standard InChI is InChI=1S/C12H26O2S/c1-3-5-7-13-8-9-14-10-12-15-11-6-4-2/h3-12H2,1-2H3. The van der Waals surface area contributed by atoms with E-state index < -0.39 is 0 Å². The second-order valence-electron chi connectivity index (χ2n) is 3.54. The SMILES string of the molecule is CCCCOCCOCCSCCCC. The molecule has 0 saturated heterocycles. The molecular weight excluding hydrogens is 208 g/mol. The molecule has 15 heavy (non-hydrogen) atoms. The first-order chi connectivity index (χ1) is 7.41. The highest BCUT2D eigenvalue weighted by Gasteiger charge is 1.91. The van der Waals surface area contributed by atoms with Crippen LogP contribution < -0.4 is 0 Å². The van der Waals surface area contributed by atoms with Crippen LogP contribution in [-0.4, -0.2) is 37.9 Å². The summed E-state index contributed by atoms with van der Waals surface area (Å²) in [5, 5.41) is 0. The fraction of sp³-hybridized carbons (Fsp3) is 1.00.